The maximum absolute atomic E-state index is 12.4. The molecule has 4 rings (SSSR count). The van der Waals surface area contributed by atoms with E-state index in [0.29, 0.717) is 24.2 Å². The van der Waals surface area contributed by atoms with Gasteiger partial charge in [-0.2, -0.15) is 5.10 Å². The summed E-state index contributed by atoms with van der Waals surface area (Å²) in [5, 5.41) is 14.5. The van der Waals surface area contributed by atoms with Crippen molar-refractivity contribution >= 4 is 15.5 Å². The molecule has 21 heavy (non-hydrogen) atoms. The van der Waals surface area contributed by atoms with E-state index in [4.69, 9.17) is 0 Å². The third-order valence-corrected chi connectivity index (χ3v) is 7.53. The van der Waals surface area contributed by atoms with E-state index in [1.54, 1.807) is 23.0 Å². The molecule has 0 aromatic carbocycles. The molecular weight excluding hydrogens is 290 g/mol. The molecule has 0 radical (unpaired) electrons. The monoisotopic (exact) mass is 307 g/mol. The van der Waals surface area contributed by atoms with E-state index in [9.17, 15) is 13.5 Å². The van der Waals surface area contributed by atoms with Crippen molar-refractivity contribution in [1.82, 2.24) is 14.6 Å². The van der Waals surface area contributed by atoms with Gasteiger partial charge in [0.05, 0.1) is 22.4 Å². The summed E-state index contributed by atoms with van der Waals surface area (Å²) in [4.78, 5) is 4.26. The van der Waals surface area contributed by atoms with E-state index in [2.05, 4.69) is 10.1 Å². The molecule has 2 bridgehead atoms. The summed E-state index contributed by atoms with van der Waals surface area (Å²) in [6, 6.07) is 3.61. The van der Waals surface area contributed by atoms with Crippen LogP contribution in [0.15, 0.2) is 24.5 Å². The molecule has 2 atom stereocenters. The first kappa shape index (κ1) is 13.2. The zero-order valence-electron chi connectivity index (χ0n) is 11.5. The Morgan fingerprint density at radius 3 is 2.71 bits per heavy atom. The van der Waals surface area contributed by atoms with Crippen molar-refractivity contribution in [2.75, 3.05) is 0 Å². The zero-order chi connectivity index (χ0) is 14.7. The highest BCUT2D eigenvalue weighted by Crippen LogP contribution is 2.45. The lowest BCUT2D eigenvalue weighted by molar-refractivity contribution is -0.000617. The van der Waals surface area contributed by atoms with Crippen molar-refractivity contribution in [3.63, 3.8) is 0 Å². The smallest absolute Gasteiger partial charge is 0.156 e. The second kappa shape index (κ2) is 4.27. The first-order valence-electron chi connectivity index (χ1n) is 7.25. The van der Waals surface area contributed by atoms with Gasteiger partial charge in [-0.3, -0.25) is 0 Å². The number of hydrogen-bond acceptors (Lipinski definition) is 5. The zero-order valence-corrected chi connectivity index (χ0v) is 12.3. The Labute approximate surface area is 122 Å². The number of hydrogen-bond donors (Lipinski definition) is 1. The summed E-state index contributed by atoms with van der Waals surface area (Å²) in [6.07, 6.45) is 5.97. The Balaban J connectivity index is 1.82. The largest absolute Gasteiger partial charge is 0.383 e. The fraction of sp³-hybridized carbons (Fsp3) is 0.571. The molecule has 0 aliphatic carbocycles. The fourth-order valence-corrected chi connectivity index (χ4v) is 6.35. The molecule has 2 aromatic rings. The van der Waals surface area contributed by atoms with Gasteiger partial charge in [0.15, 0.2) is 15.5 Å². The highest BCUT2D eigenvalue weighted by Gasteiger charge is 2.52. The Morgan fingerprint density at radius 2 is 2.00 bits per heavy atom. The van der Waals surface area contributed by atoms with Crippen LogP contribution in [0.4, 0.5) is 0 Å². The van der Waals surface area contributed by atoms with Crippen molar-refractivity contribution in [3.05, 3.63) is 30.2 Å². The van der Waals surface area contributed by atoms with Crippen LogP contribution in [-0.2, 0) is 15.4 Å². The molecule has 7 heteroatoms. The molecule has 6 nitrogen and oxygen atoms in total. The second-order valence-electron chi connectivity index (χ2n) is 6.14. The number of aromatic nitrogens is 3. The van der Waals surface area contributed by atoms with Crippen molar-refractivity contribution < 1.29 is 13.5 Å². The predicted octanol–water partition coefficient (Wildman–Crippen LogP) is 1.05. The average Bonchev–Trinajstić information content (AvgIpc) is 2.85. The van der Waals surface area contributed by atoms with E-state index in [1.807, 2.05) is 6.07 Å². The highest BCUT2D eigenvalue weighted by atomic mass is 32.2. The molecule has 2 aliphatic heterocycles. The van der Waals surface area contributed by atoms with Crippen LogP contribution in [0.1, 0.15) is 37.8 Å². The van der Waals surface area contributed by atoms with E-state index in [-0.39, 0.29) is 12.8 Å². The second-order valence-corrected chi connectivity index (χ2v) is 8.65. The topological polar surface area (TPSA) is 84.6 Å². The molecule has 0 saturated carbocycles. The number of imidazole rings is 1. The first-order chi connectivity index (χ1) is 10.0. The van der Waals surface area contributed by atoms with Gasteiger partial charge < -0.3 is 5.11 Å². The maximum Gasteiger partial charge on any atom is 0.156 e. The van der Waals surface area contributed by atoms with Gasteiger partial charge in [0.2, 0.25) is 0 Å². The van der Waals surface area contributed by atoms with Crippen molar-refractivity contribution in [2.45, 2.75) is 48.2 Å². The lowest BCUT2D eigenvalue weighted by Gasteiger charge is -2.43. The molecule has 2 saturated heterocycles. The summed E-state index contributed by atoms with van der Waals surface area (Å²) in [7, 11) is -3.09. The molecule has 0 spiro atoms. The summed E-state index contributed by atoms with van der Waals surface area (Å²) in [6.45, 7) is 0. The Morgan fingerprint density at radius 1 is 1.29 bits per heavy atom. The number of rotatable bonds is 1. The van der Waals surface area contributed by atoms with Crippen molar-refractivity contribution in [3.8, 4) is 0 Å². The molecule has 2 fully saturated rings. The molecular formula is C14H17N3O3S. The fourth-order valence-electron chi connectivity index (χ4n) is 3.80. The minimum atomic E-state index is -3.09. The van der Waals surface area contributed by atoms with Crippen LogP contribution in [0.25, 0.3) is 5.65 Å². The van der Waals surface area contributed by atoms with E-state index >= 15 is 0 Å². The molecule has 0 amide bonds. The number of fused-ring (bicyclic) bond motifs is 3. The van der Waals surface area contributed by atoms with Gasteiger partial charge in [0.25, 0.3) is 0 Å². The third kappa shape index (κ3) is 1.83. The van der Waals surface area contributed by atoms with Crippen LogP contribution in [0, 0.1) is 0 Å². The number of aliphatic hydroxyl groups is 1. The quantitative estimate of drug-likeness (QED) is 0.851. The van der Waals surface area contributed by atoms with E-state index in [0.717, 1.165) is 6.42 Å². The summed E-state index contributed by atoms with van der Waals surface area (Å²) in [5.74, 6) is 0. The Kier molecular flexibility index (Phi) is 2.68. The highest BCUT2D eigenvalue weighted by molar-refractivity contribution is 7.92. The summed E-state index contributed by atoms with van der Waals surface area (Å²) in [5.41, 5.74) is 0.110. The molecule has 112 valence electrons. The van der Waals surface area contributed by atoms with Gasteiger partial charge in [0.1, 0.15) is 5.60 Å². The van der Waals surface area contributed by atoms with Crippen LogP contribution in [0.2, 0.25) is 0 Å². The molecule has 2 aromatic heterocycles. The van der Waals surface area contributed by atoms with Crippen LogP contribution in [-0.4, -0.2) is 38.6 Å². The van der Waals surface area contributed by atoms with Gasteiger partial charge in [-0.15, -0.1) is 0 Å². The van der Waals surface area contributed by atoms with E-state index in [1.165, 1.54) is 0 Å². The molecule has 4 heterocycles. The normalized spacial score (nSPS) is 34.9. The number of nitrogens with zero attached hydrogens (tertiary/aromatic N) is 3. The lowest BCUT2D eigenvalue weighted by atomic mass is 9.83. The summed E-state index contributed by atoms with van der Waals surface area (Å²) < 4.78 is 26.4. The van der Waals surface area contributed by atoms with E-state index < -0.39 is 25.9 Å². The third-order valence-electron chi connectivity index (χ3n) is 4.87. The van der Waals surface area contributed by atoms with Crippen LogP contribution >= 0.6 is 0 Å². The minimum absolute atomic E-state index is 0.246. The molecule has 2 unspecified atom stereocenters. The Bertz CT molecular complexity index is 779. The van der Waals surface area contributed by atoms with Crippen LogP contribution in [0.3, 0.4) is 0 Å². The van der Waals surface area contributed by atoms with Crippen LogP contribution in [0.5, 0.6) is 0 Å². The Hall–Kier alpha value is -1.47. The average molecular weight is 307 g/mol. The predicted molar refractivity (Wildman–Crippen MR) is 76.5 cm³/mol. The van der Waals surface area contributed by atoms with Gasteiger partial charge in [-0.1, -0.05) is 6.42 Å². The first-order valence-corrected chi connectivity index (χ1v) is 8.86. The molecule has 2 aliphatic rings. The van der Waals surface area contributed by atoms with Gasteiger partial charge >= 0.3 is 0 Å². The minimum Gasteiger partial charge on any atom is -0.383 e. The standard InChI is InChI=1S/C14H17N3O3S/c18-14(12-9-15-13-5-2-6-16-17(12)13)7-10-3-1-4-11(8-14)21(10,19)20/h2,5-6,9-11,18H,1,3-4,7-8H2. The van der Waals surface area contributed by atoms with Gasteiger partial charge in [-0.25, -0.2) is 17.9 Å². The van der Waals surface area contributed by atoms with Crippen LogP contribution < -0.4 is 0 Å². The lowest BCUT2D eigenvalue weighted by Crippen LogP contribution is -2.50. The SMILES string of the molecule is O=S1(=O)C2CCCC1CC(O)(c1cnc3cccnn13)C2. The van der Waals surface area contributed by atoms with Gasteiger partial charge in [-0.05, 0) is 37.8 Å². The van der Waals surface area contributed by atoms with Crippen molar-refractivity contribution in [2.24, 2.45) is 0 Å². The van der Waals surface area contributed by atoms with Crippen molar-refractivity contribution in [1.29, 1.82) is 0 Å². The van der Waals surface area contributed by atoms with Gasteiger partial charge in [0, 0.05) is 6.20 Å². The maximum atomic E-state index is 12.4. The molecule has 1 N–H and O–H groups in total. The summed E-state index contributed by atoms with van der Waals surface area (Å²) >= 11 is 0. The number of sulfone groups is 1.